The molecule has 0 aliphatic carbocycles. The van der Waals surface area contributed by atoms with Crippen molar-refractivity contribution in [3.63, 3.8) is 0 Å². The zero-order valence-electron chi connectivity index (χ0n) is 6.28. The first-order valence-corrected chi connectivity index (χ1v) is 3.09. The molecular weight excluding hydrogens is 98.1 g/mol. The largest absolute Gasteiger partial charge is 0.312 e. The van der Waals surface area contributed by atoms with Crippen molar-refractivity contribution in [3.05, 3.63) is 6.42 Å². The van der Waals surface area contributed by atoms with Crippen LogP contribution in [0.1, 0.15) is 27.7 Å². The maximum Gasteiger partial charge on any atom is 0.00966 e. The third kappa shape index (κ3) is 5.96. The molecule has 8 heavy (non-hydrogen) atoms. The summed E-state index contributed by atoms with van der Waals surface area (Å²) in [4.78, 5) is 0. The van der Waals surface area contributed by atoms with Crippen LogP contribution in [0.2, 0.25) is 0 Å². The normalized spacial score (nSPS) is 12.0. The molecule has 0 atom stereocenters. The Bertz CT molecular complexity index is 51.9. The Morgan fingerprint density at radius 2 is 1.88 bits per heavy atom. The average molecular weight is 114 g/mol. The van der Waals surface area contributed by atoms with Gasteiger partial charge in [-0.05, 0) is 33.7 Å². The fourth-order valence-electron chi connectivity index (χ4n) is 0.408. The van der Waals surface area contributed by atoms with Crippen LogP contribution in [0.5, 0.6) is 0 Å². The van der Waals surface area contributed by atoms with Crippen LogP contribution in [0.4, 0.5) is 0 Å². The van der Waals surface area contributed by atoms with E-state index >= 15 is 0 Å². The summed E-state index contributed by atoms with van der Waals surface area (Å²) in [5, 5.41) is 3.32. The van der Waals surface area contributed by atoms with E-state index in [2.05, 4.69) is 39.4 Å². The van der Waals surface area contributed by atoms with E-state index in [-0.39, 0.29) is 5.54 Å². The lowest BCUT2D eigenvalue weighted by Gasteiger charge is -2.19. The lowest BCUT2D eigenvalue weighted by Crippen LogP contribution is -2.36. The van der Waals surface area contributed by atoms with Crippen LogP contribution in [0, 0.1) is 6.42 Å². The van der Waals surface area contributed by atoms with Gasteiger partial charge in [0.1, 0.15) is 0 Å². The molecule has 49 valence electrons. The first-order chi connectivity index (χ1) is 3.56. The van der Waals surface area contributed by atoms with Gasteiger partial charge in [0.05, 0.1) is 0 Å². The summed E-state index contributed by atoms with van der Waals surface area (Å²) < 4.78 is 0. The molecule has 0 fully saturated rings. The van der Waals surface area contributed by atoms with Gasteiger partial charge in [-0.2, -0.15) is 0 Å². The molecule has 0 saturated heterocycles. The zero-order chi connectivity index (χ0) is 6.62. The lowest BCUT2D eigenvalue weighted by atomic mass is 10.1. The van der Waals surface area contributed by atoms with Crippen LogP contribution < -0.4 is 5.32 Å². The van der Waals surface area contributed by atoms with Crippen molar-refractivity contribution < 1.29 is 0 Å². The van der Waals surface area contributed by atoms with E-state index in [9.17, 15) is 0 Å². The summed E-state index contributed by atoms with van der Waals surface area (Å²) in [5.41, 5.74) is 0.270. The van der Waals surface area contributed by atoms with Gasteiger partial charge in [0.25, 0.3) is 0 Å². The molecular formula is C7H16N. The van der Waals surface area contributed by atoms with Crippen molar-refractivity contribution in [1.82, 2.24) is 5.32 Å². The highest BCUT2D eigenvalue weighted by Crippen LogP contribution is 1.96. The Morgan fingerprint density at radius 1 is 1.38 bits per heavy atom. The molecule has 0 aliphatic rings. The van der Waals surface area contributed by atoms with Crippen LogP contribution >= 0.6 is 0 Å². The van der Waals surface area contributed by atoms with E-state index in [1.165, 1.54) is 0 Å². The highest BCUT2D eigenvalue weighted by atomic mass is 14.9. The van der Waals surface area contributed by atoms with E-state index in [1.54, 1.807) is 0 Å². The molecule has 0 aromatic carbocycles. The summed E-state index contributed by atoms with van der Waals surface area (Å²) in [7, 11) is 0. The van der Waals surface area contributed by atoms with Gasteiger partial charge in [0.2, 0.25) is 0 Å². The van der Waals surface area contributed by atoms with Crippen molar-refractivity contribution in [2.75, 3.05) is 6.54 Å². The topological polar surface area (TPSA) is 12.0 Å². The molecule has 0 rings (SSSR count). The summed E-state index contributed by atoms with van der Waals surface area (Å²) in [6, 6.07) is 0. The molecule has 0 aromatic rings. The number of hydrogen-bond donors (Lipinski definition) is 1. The average Bonchev–Trinajstić information content (AvgIpc) is 1.59. The Morgan fingerprint density at radius 3 is 2.00 bits per heavy atom. The molecule has 1 radical (unpaired) electrons. The van der Waals surface area contributed by atoms with Crippen LogP contribution in [0.15, 0.2) is 0 Å². The van der Waals surface area contributed by atoms with Crippen molar-refractivity contribution in [2.45, 2.75) is 33.2 Å². The molecule has 0 heterocycles. The molecule has 0 amide bonds. The molecule has 0 unspecified atom stereocenters. The minimum Gasteiger partial charge on any atom is -0.312 e. The minimum atomic E-state index is 0.270. The zero-order valence-corrected chi connectivity index (χ0v) is 6.28. The number of nitrogens with one attached hydrogen (secondary N) is 1. The molecule has 0 spiro atoms. The predicted octanol–water partition coefficient (Wildman–Crippen LogP) is 1.60. The van der Waals surface area contributed by atoms with E-state index in [4.69, 9.17) is 0 Å². The molecule has 0 aromatic heterocycles. The van der Waals surface area contributed by atoms with Crippen LogP contribution in [0.25, 0.3) is 0 Å². The third-order valence-electron chi connectivity index (χ3n) is 0.837. The number of hydrogen-bond acceptors (Lipinski definition) is 1. The van der Waals surface area contributed by atoms with E-state index < -0.39 is 0 Å². The predicted molar refractivity (Wildman–Crippen MR) is 37.7 cm³/mol. The highest BCUT2D eigenvalue weighted by Gasteiger charge is 2.05. The van der Waals surface area contributed by atoms with Gasteiger partial charge in [0, 0.05) is 5.54 Å². The fourth-order valence-corrected chi connectivity index (χ4v) is 0.408. The van der Waals surface area contributed by atoms with Gasteiger partial charge in [-0.15, -0.1) is 0 Å². The van der Waals surface area contributed by atoms with Gasteiger partial charge in [-0.25, -0.2) is 0 Å². The molecule has 1 nitrogen and oxygen atoms in total. The van der Waals surface area contributed by atoms with Crippen LogP contribution in [-0.2, 0) is 0 Å². The lowest BCUT2D eigenvalue weighted by molar-refractivity contribution is 0.443. The maximum absolute atomic E-state index is 3.32. The number of rotatable bonds is 2. The molecule has 1 heteroatoms. The Kier molecular flexibility index (Phi) is 3.06. The van der Waals surface area contributed by atoms with Crippen molar-refractivity contribution in [1.29, 1.82) is 0 Å². The monoisotopic (exact) mass is 114 g/mol. The molecule has 0 saturated carbocycles. The minimum absolute atomic E-state index is 0.270. The van der Waals surface area contributed by atoms with Crippen molar-refractivity contribution >= 4 is 0 Å². The Balaban J connectivity index is 3.11. The summed E-state index contributed by atoms with van der Waals surface area (Å²) in [6.45, 7) is 9.55. The molecule has 0 bridgehead atoms. The molecule has 0 aliphatic heterocycles. The first-order valence-electron chi connectivity index (χ1n) is 3.09. The summed E-state index contributed by atoms with van der Waals surface area (Å²) >= 11 is 0. The first kappa shape index (κ1) is 7.96. The highest BCUT2D eigenvalue weighted by molar-refractivity contribution is 4.73. The maximum atomic E-state index is 3.32. The Hall–Kier alpha value is -0.0400. The quantitative estimate of drug-likeness (QED) is 0.575. The van der Waals surface area contributed by atoms with Crippen molar-refractivity contribution in [2.24, 2.45) is 0 Å². The van der Waals surface area contributed by atoms with Gasteiger partial charge >= 0.3 is 0 Å². The summed E-state index contributed by atoms with van der Waals surface area (Å²) in [6.07, 6.45) is 2.12. The standard InChI is InChI=1S/C7H16N/c1-5-6-8-7(2,3)4/h5,8H,6H2,1-4H3. The Labute approximate surface area is 52.5 Å². The molecule has 1 N–H and O–H groups in total. The fraction of sp³-hybridized carbons (Fsp3) is 0.857. The van der Waals surface area contributed by atoms with Crippen molar-refractivity contribution in [3.8, 4) is 0 Å². The second-order valence-electron chi connectivity index (χ2n) is 3.04. The summed E-state index contributed by atoms with van der Waals surface area (Å²) in [5.74, 6) is 0. The van der Waals surface area contributed by atoms with E-state index in [1.807, 2.05) is 0 Å². The van der Waals surface area contributed by atoms with Gasteiger partial charge in [-0.1, -0.05) is 6.92 Å². The SMILES string of the molecule is C[CH]CNC(C)(C)C. The van der Waals surface area contributed by atoms with Crippen LogP contribution in [-0.4, -0.2) is 12.1 Å². The van der Waals surface area contributed by atoms with Gasteiger partial charge in [-0.3, -0.25) is 0 Å². The van der Waals surface area contributed by atoms with Gasteiger partial charge < -0.3 is 5.32 Å². The smallest absolute Gasteiger partial charge is 0.00966 e. The van der Waals surface area contributed by atoms with E-state index in [0.717, 1.165) is 6.54 Å². The van der Waals surface area contributed by atoms with E-state index in [0.29, 0.717) is 0 Å². The third-order valence-corrected chi connectivity index (χ3v) is 0.837. The van der Waals surface area contributed by atoms with Gasteiger partial charge in [0.15, 0.2) is 0 Å². The second kappa shape index (κ2) is 3.08. The second-order valence-corrected chi connectivity index (χ2v) is 3.04. The van der Waals surface area contributed by atoms with Crippen LogP contribution in [0.3, 0.4) is 0 Å².